The molecule has 7 heteroatoms. The molecular weight excluding hydrogens is 801 g/mol. The maximum absolute atomic E-state index is 5.23. The van der Waals surface area contributed by atoms with Gasteiger partial charge in [-0.15, -0.1) is 0 Å². The van der Waals surface area contributed by atoms with Crippen molar-refractivity contribution in [3.8, 4) is 51.2 Å². The van der Waals surface area contributed by atoms with Gasteiger partial charge >= 0.3 is 0 Å². The second-order valence-electron chi connectivity index (χ2n) is 16.4. The van der Waals surface area contributed by atoms with Gasteiger partial charge in [0.15, 0.2) is 17.5 Å². The molecule has 0 spiro atoms. The van der Waals surface area contributed by atoms with Crippen LogP contribution in [0.5, 0.6) is 0 Å². The van der Waals surface area contributed by atoms with Crippen LogP contribution >= 0.6 is 11.8 Å². The zero-order valence-corrected chi connectivity index (χ0v) is 35.0. The number of aromatic nitrogens is 6. The van der Waals surface area contributed by atoms with Gasteiger partial charge in [-0.3, -0.25) is 9.13 Å². The maximum atomic E-state index is 5.23. The van der Waals surface area contributed by atoms with Crippen LogP contribution in [0.4, 0.5) is 0 Å². The van der Waals surface area contributed by atoms with Crippen molar-refractivity contribution in [1.29, 1.82) is 0 Å². The molecule has 13 aromatic rings. The van der Waals surface area contributed by atoms with Crippen LogP contribution in [0.15, 0.2) is 216 Å². The van der Waals surface area contributed by atoms with E-state index in [-0.39, 0.29) is 0 Å². The van der Waals surface area contributed by atoms with E-state index < -0.39 is 0 Å². The van der Waals surface area contributed by atoms with Crippen LogP contribution in [0.1, 0.15) is 0 Å². The highest BCUT2D eigenvalue weighted by Gasteiger charge is 2.28. The highest BCUT2D eigenvalue weighted by atomic mass is 32.2. The average molecular weight is 835 g/mol. The Labute approximate surface area is 371 Å². The second kappa shape index (κ2) is 13.6. The van der Waals surface area contributed by atoms with Crippen molar-refractivity contribution >= 4 is 77.2 Å². The van der Waals surface area contributed by atoms with Crippen molar-refractivity contribution in [3.05, 3.63) is 206 Å². The summed E-state index contributed by atoms with van der Waals surface area (Å²) in [5.41, 5.74) is 12.1. The van der Waals surface area contributed by atoms with Crippen LogP contribution in [0, 0.1) is 0 Å². The summed E-state index contributed by atoms with van der Waals surface area (Å²) in [4.78, 5) is 18.2. The summed E-state index contributed by atoms with van der Waals surface area (Å²) < 4.78 is 7.23. The number of nitrogens with zero attached hydrogens (tertiary/aromatic N) is 6. The van der Waals surface area contributed by atoms with Gasteiger partial charge in [0.05, 0.1) is 27.8 Å². The lowest BCUT2D eigenvalue weighted by Crippen LogP contribution is -2.05. The van der Waals surface area contributed by atoms with Crippen LogP contribution in [0.3, 0.4) is 0 Å². The molecule has 0 unspecified atom stereocenters. The van der Waals surface area contributed by atoms with Gasteiger partial charge in [-0.1, -0.05) is 133 Å². The topological polar surface area (TPSA) is 53.5 Å². The molecule has 4 aromatic heterocycles. The van der Waals surface area contributed by atoms with Crippen LogP contribution < -0.4 is 0 Å². The number of hydrogen-bond acceptors (Lipinski definition) is 4. The Bertz CT molecular complexity index is 3990. The summed E-state index contributed by atoms with van der Waals surface area (Å²) in [7, 11) is 0. The zero-order valence-electron chi connectivity index (χ0n) is 34.2. The van der Waals surface area contributed by atoms with Crippen LogP contribution in [0.25, 0.3) is 117 Å². The minimum atomic E-state index is 0.618. The number of benzene rings is 9. The van der Waals surface area contributed by atoms with E-state index in [0.717, 1.165) is 50.0 Å². The summed E-state index contributed by atoms with van der Waals surface area (Å²) in [6, 6.07) is 73.5. The van der Waals surface area contributed by atoms with Crippen molar-refractivity contribution < 1.29 is 0 Å². The molecule has 6 nitrogen and oxygen atoms in total. The Morgan fingerprint density at radius 1 is 0.344 bits per heavy atom. The average Bonchev–Trinajstić information content (AvgIpc) is 4.01. The molecule has 0 amide bonds. The van der Waals surface area contributed by atoms with E-state index >= 15 is 0 Å². The van der Waals surface area contributed by atoms with E-state index in [9.17, 15) is 0 Å². The maximum Gasteiger partial charge on any atom is 0.164 e. The summed E-state index contributed by atoms with van der Waals surface area (Å²) in [6.07, 6.45) is 0. The second-order valence-corrected chi connectivity index (χ2v) is 17.5. The van der Waals surface area contributed by atoms with Gasteiger partial charge in [-0.2, -0.15) is 0 Å². The predicted molar refractivity (Wildman–Crippen MR) is 263 cm³/mol. The summed E-state index contributed by atoms with van der Waals surface area (Å²) in [6.45, 7) is 0. The smallest absolute Gasteiger partial charge is 0.164 e. The van der Waals surface area contributed by atoms with Gasteiger partial charge in [0.1, 0.15) is 5.65 Å². The molecule has 5 heterocycles. The first kappa shape index (κ1) is 35.3. The standard InChI is InChI=1S/C57H34N6S/c1-2-15-40-35(13-1)14-11-19-43(40)56-59-54(36-27-31-38(32-28-36)61-46-21-6-3-16-41(46)42-17-4-7-22-47(42)61)58-55(60-56)37-29-33-39(34-30-37)62-48-23-8-5-18-44(48)52-45-20-12-26-51-53(45)63(57(52)62)49-24-9-10-25-50(49)64-51/h1-34H. The first-order valence-electron chi connectivity index (χ1n) is 21.5. The molecule has 64 heavy (non-hydrogen) atoms. The van der Waals surface area contributed by atoms with Crippen LogP contribution in [0.2, 0.25) is 0 Å². The molecule has 0 atom stereocenters. The van der Waals surface area contributed by atoms with E-state index in [2.05, 4.69) is 220 Å². The Hall–Kier alpha value is -8.26. The molecule has 14 rings (SSSR count). The molecule has 0 bridgehead atoms. The van der Waals surface area contributed by atoms with E-state index in [1.54, 1.807) is 0 Å². The largest absolute Gasteiger partial charge is 0.309 e. The molecule has 9 aromatic carbocycles. The molecule has 0 saturated heterocycles. The lowest BCUT2D eigenvalue weighted by Gasteiger charge is -2.21. The first-order valence-corrected chi connectivity index (χ1v) is 22.3. The Balaban J connectivity index is 0.934. The third-order valence-corrected chi connectivity index (χ3v) is 14.0. The number of para-hydroxylation sites is 5. The molecule has 0 fully saturated rings. The Morgan fingerprint density at radius 2 is 0.844 bits per heavy atom. The molecule has 0 saturated carbocycles. The molecule has 298 valence electrons. The lowest BCUT2D eigenvalue weighted by atomic mass is 10.0. The molecule has 0 radical (unpaired) electrons. The highest BCUT2D eigenvalue weighted by Crippen LogP contribution is 2.49. The third-order valence-electron chi connectivity index (χ3n) is 12.9. The fourth-order valence-corrected chi connectivity index (χ4v) is 11.2. The van der Waals surface area contributed by atoms with Gasteiger partial charge in [-0.05, 0) is 95.7 Å². The predicted octanol–water partition coefficient (Wildman–Crippen LogP) is 14.6. The van der Waals surface area contributed by atoms with Crippen molar-refractivity contribution in [2.24, 2.45) is 0 Å². The monoisotopic (exact) mass is 834 g/mol. The quantitative estimate of drug-likeness (QED) is 0.173. The fraction of sp³-hybridized carbons (Fsp3) is 0. The normalized spacial score (nSPS) is 12.3. The van der Waals surface area contributed by atoms with Crippen molar-refractivity contribution in [2.75, 3.05) is 0 Å². The minimum Gasteiger partial charge on any atom is -0.309 e. The summed E-state index contributed by atoms with van der Waals surface area (Å²) in [5.74, 6) is 1.87. The Kier molecular flexibility index (Phi) is 7.52. The number of fused-ring (bicyclic) bond motifs is 11. The molecule has 1 aliphatic rings. The summed E-state index contributed by atoms with van der Waals surface area (Å²) >= 11 is 1.85. The number of hydrogen-bond donors (Lipinski definition) is 0. The van der Waals surface area contributed by atoms with Gasteiger partial charge in [0, 0.05) is 64.8 Å². The van der Waals surface area contributed by atoms with E-state index in [0.29, 0.717) is 17.5 Å². The molecular formula is C57H34N6S. The lowest BCUT2D eigenvalue weighted by molar-refractivity contribution is 1.03. The molecule has 0 aliphatic carbocycles. The van der Waals surface area contributed by atoms with E-state index in [1.807, 2.05) is 11.8 Å². The third kappa shape index (κ3) is 5.13. The summed E-state index contributed by atoms with van der Waals surface area (Å²) in [5, 5.41) is 8.47. The van der Waals surface area contributed by atoms with E-state index in [4.69, 9.17) is 15.0 Å². The van der Waals surface area contributed by atoms with Crippen molar-refractivity contribution in [2.45, 2.75) is 9.79 Å². The van der Waals surface area contributed by atoms with Gasteiger partial charge in [0.2, 0.25) is 0 Å². The van der Waals surface area contributed by atoms with E-state index in [1.165, 1.54) is 59.0 Å². The SMILES string of the molecule is c1ccc2c(c1)Sc1cccc3c4c5ccccc5n(-c5ccc(-c6nc(-c7ccc(-n8c9ccccc9c9ccccc98)cc7)nc(-c7cccc8ccccc78)n6)cc5)c4n-2c13. The van der Waals surface area contributed by atoms with Crippen LogP contribution in [-0.4, -0.2) is 28.7 Å². The van der Waals surface area contributed by atoms with Crippen molar-refractivity contribution in [3.63, 3.8) is 0 Å². The molecule has 1 aliphatic heterocycles. The van der Waals surface area contributed by atoms with Crippen LogP contribution in [-0.2, 0) is 0 Å². The first-order chi connectivity index (χ1) is 31.7. The fourth-order valence-electron chi connectivity index (χ4n) is 10.1. The minimum absolute atomic E-state index is 0.618. The highest BCUT2D eigenvalue weighted by molar-refractivity contribution is 7.99. The number of rotatable bonds is 5. The van der Waals surface area contributed by atoms with Gasteiger partial charge in [-0.25, -0.2) is 15.0 Å². The Morgan fingerprint density at radius 3 is 1.55 bits per heavy atom. The zero-order chi connectivity index (χ0) is 41.9. The molecule has 0 N–H and O–H groups in total. The van der Waals surface area contributed by atoms with Gasteiger partial charge in [0.25, 0.3) is 0 Å². The van der Waals surface area contributed by atoms with Gasteiger partial charge < -0.3 is 4.57 Å². The van der Waals surface area contributed by atoms with Crippen molar-refractivity contribution in [1.82, 2.24) is 28.7 Å².